The molecule has 4 fully saturated rings. The lowest BCUT2D eigenvalue weighted by atomic mass is 9.66. The smallest absolute Gasteiger partial charge is 0.313 e. The predicted octanol–water partition coefficient (Wildman–Crippen LogP) is 2.39. The van der Waals surface area contributed by atoms with Crippen molar-refractivity contribution in [3.05, 3.63) is 29.8 Å². The van der Waals surface area contributed by atoms with Crippen molar-refractivity contribution < 1.29 is 28.7 Å². The number of benzene rings is 1. The fourth-order valence-corrected chi connectivity index (χ4v) is 7.40. The van der Waals surface area contributed by atoms with Crippen LogP contribution in [-0.2, 0) is 35.3 Å². The van der Waals surface area contributed by atoms with Gasteiger partial charge in [0, 0.05) is 23.7 Å². The second-order valence-corrected chi connectivity index (χ2v) is 13.4. The third-order valence-electron chi connectivity index (χ3n) is 10.9. The number of nitrogens with zero attached hydrogens (tertiary/aromatic N) is 1. The Labute approximate surface area is 253 Å². The molecule has 1 aromatic carbocycles. The molecule has 234 valence electrons. The van der Waals surface area contributed by atoms with E-state index in [0.717, 1.165) is 31.2 Å². The topological polar surface area (TPSA) is 146 Å². The van der Waals surface area contributed by atoms with Gasteiger partial charge in [0.1, 0.15) is 12.1 Å². The Morgan fingerprint density at radius 1 is 1.05 bits per heavy atom. The predicted molar refractivity (Wildman–Crippen MR) is 159 cm³/mol. The third-order valence-corrected chi connectivity index (χ3v) is 10.9. The van der Waals surface area contributed by atoms with Gasteiger partial charge >= 0.3 is 5.97 Å². The second kappa shape index (κ2) is 11.6. The first-order valence-electron chi connectivity index (χ1n) is 15.6. The molecule has 3 aliphatic heterocycles. The fourth-order valence-electron chi connectivity index (χ4n) is 7.40. The van der Waals surface area contributed by atoms with Gasteiger partial charge in [-0.2, -0.15) is 0 Å². The van der Waals surface area contributed by atoms with Crippen molar-refractivity contribution in [2.75, 3.05) is 12.4 Å². The van der Waals surface area contributed by atoms with Crippen LogP contribution in [0.1, 0.15) is 84.6 Å². The maximum absolute atomic E-state index is 13.7. The zero-order valence-corrected chi connectivity index (χ0v) is 25.9. The van der Waals surface area contributed by atoms with Crippen LogP contribution in [0.3, 0.4) is 0 Å². The Morgan fingerprint density at radius 3 is 2.47 bits per heavy atom. The fraction of sp³-hybridized carbons (Fsp3) is 0.656. The van der Waals surface area contributed by atoms with Crippen LogP contribution in [-0.4, -0.2) is 71.3 Å². The van der Waals surface area contributed by atoms with Gasteiger partial charge < -0.3 is 30.9 Å². The van der Waals surface area contributed by atoms with Crippen molar-refractivity contribution in [1.82, 2.24) is 20.9 Å². The van der Waals surface area contributed by atoms with Crippen LogP contribution >= 0.6 is 0 Å². The average Bonchev–Trinajstić information content (AvgIpc) is 3.53. The zero-order valence-electron chi connectivity index (χ0n) is 25.9. The summed E-state index contributed by atoms with van der Waals surface area (Å²) in [5.41, 5.74) is -1.23. The molecule has 1 saturated carbocycles. The second-order valence-electron chi connectivity index (χ2n) is 13.4. The zero-order chi connectivity index (χ0) is 31.2. The van der Waals surface area contributed by atoms with Crippen molar-refractivity contribution in [2.24, 2.45) is 10.8 Å². The first-order chi connectivity index (χ1) is 20.3. The summed E-state index contributed by atoms with van der Waals surface area (Å²) in [7, 11) is 1.70. The lowest BCUT2D eigenvalue weighted by molar-refractivity contribution is -0.165. The number of carbonyl (C=O) groups excluding carboxylic acids is 5. The van der Waals surface area contributed by atoms with E-state index in [4.69, 9.17) is 4.74 Å². The van der Waals surface area contributed by atoms with Gasteiger partial charge in [0.25, 0.3) is 5.91 Å². The van der Waals surface area contributed by atoms with Crippen molar-refractivity contribution >= 4 is 35.3 Å². The normalized spacial score (nSPS) is 31.8. The summed E-state index contributed by atoms with van der Waals surface area (Å²) in [5.74, 6) is -1.33. The summed E-state index contributed by atoms with van der Waals surface area (Å²) in [6.07, 6.45) is 5.57. The van der Waals surface area contributed by atoms with Crippen LogP contribution < -0.4 is 21.3 Å². The quantitative estimate of drug-likeness (QED) is 0.338. The molecule has 4 aliphatic rings. The molecule has 11 nitrogen and oxygen atoms in total. The van der Waals surface area contributed by atoms with E-state index >= 15 is 0 Å². The molecule has 1 aliphatic carbocycles. The molecule has 11 heteroatoms. The Kier molecular flexibility index (Phi) is 8.32. The monoisotopic (exact) mass is 595 g/mol. The maximum Gasteiger partial charge on any atom is 0.313 e. The van der Waals surface area contributed by atoms with E-state index in [2.05, 4.69) is 21.3 Å². The van der Waals surface area contributed by atoms with Crippen LogP contribution in [0.5, 0.6) is 0 Å². The van der Waals surface area contributed by atoms with Gasteiger partial charge in [-0.15, -0.1) is 0 Å². The highest BCUT2D eigenvalue weighted by molar-refractivity contribution is 6.03. The van der Waals surface area contributed by atoms with Crippen LogP contribution in [0.15, 0.2) is 24.3 Å². The number of hydrogen-bond acceptors (Lipinski definition) is 7. The molecule has 2 bridgehead atoms. The molecule has 3 heterocycles. The summed E-state index contributed by atoms with van der Waals surface area (Å²) in [6, 6.07) is 5.51. The molecule has 2 unspecified atom stereocenters. The number of ether oxygens (including phenoxy) is 1. The van der Waals surface area contributed by atoms with Crippen LogP contribution in [0.25, 0.3) is 0 Å². The number of amides is 4. The molecule has 4 N–H and O–H groups in total. The highest BCUT2D eigenvalue weighted by atomic mass is 16.6. The van der Waals surface area contributed by atoms with Crippen LogP contribution in [0, 0.1) is 10.8 Å². The molecule has 1 aromatic rings. The lowest BCUT2D eigenvalue weighted by Crippen LogP contribution is -2.57. The summed E-state index contributed by atoms with van der Waals surface area (Å²) >= 11 is 0. The van der Waals surface area contributed by atoms with Crippen LogP contribution in [0.4, 0.5) is 5.69 Å². The first kappa shape index (κ1) is 31.0. The molecular formula is C32H45N5O6. The van der Waals surface area contributed by atoms with Gasteiger partial charge in [0.2, 0.25) is 17.7 Å². The molecule has 0 spiro atoms. The van der Waals surface area contributed by atoms with Crippen molar-refractivity contribution in [3.63, 3.8) is 0 Å². The van der Waals surface area contributed by atoms with E-state index in [9.17, 15) is 24.0 Å². The number of anilines is 1. The van der Waals surface area contributed by atoms with Crippen molar-refractivity contribution in [2.45, 2.75) is 115 Å². The number of carbonyl (C=O) groups is 5. The first-order valence-corrected chi connectivity index (χ1v) is 15.6. The highest BCUT2D eigenvalue weighted by Gasteiger charge is 2.75. The molecule has 3 saturated heterocycles. The Morgan fingerprint density at radius 2 is 1.79 bits per heavy atom. The Bertz CT molecular complexity index is 1310. The average molecular weight is 596 g/mol. The van der Waals surface area contributed by atoms with Gasteiger partial charge in [-0.05, 0) is 77.1 Å². The number of fused-ring (bicyclic) bond motifs is 3. The molecule has 43 heavy (non-hydrogen) atoms. The molecule has 6 atom stereocenters. The molecule has 0 radical (unpaired) electrons. The van der Waals surface area contributed by atoms with Crippen molar-refractivity contribution in [3.8, 4) is 0 Å². The Hall–Kier alpha value is -3.47. The third kappa shape index (κ3) is 5.19. The summed E-state index contributed by atoms with van der Waals surface area (Å²) in [6.45, 7) is 7.66. The highest BCUT2D eigenvalue weighted by Crippen LogP contribution is 2.65. The van der Waals surface area contributed by atoms with Crippen molar-refractivity contribution in [1.29, 1.82) is 0 Å². The summed E-state index contributed by atoms with van der Waals surface area (Å²) < 4.78 is 5.71. The number of likely N-dealkylation sites (N-methyl/N-ethyl adjacent to an activating group) is 1. The maximum atomic E-state index is 13.7. The number of nitrogens with one attached hydrogen (secondary N) is 4. The molecule has 4 amide bonds. The number of esters is 1. The van der Waals surface area contributed by atoms with Crippen LogP contribution in [0.2, 0.25) is 0 Å². The van der Waals surface area contributed by atoms with E-state index in [1.54, 1.807) is 37.1 Å². The van der Waals surface area contributed by atoms with E-state index in [1.807, 2.05) is 26.8 Å². The summed E-state index contributed by atoms with van der Waals surface area (Å²) in [4.78, 5) is 67.4. The number of rotatable bonds is 8. The SMILES string of the molecule is CNC(C)C(=O)N[C@H]1CCCC[C@H]2CC[C@@H](C(=O)NCc3cccc(NC(=O)C45CC[C@@](C)(C(=O)O4)C5(C)C)c3)N2C1=O. The standard InChI is InChI=1S/C32H45N5O6/c1-19(33-5)25(38)36-23-12-7-6-11-22-13-14-24(37(22)27(23)40)26(39)34-18-20-9-8-10-21(17-20)35-28(41)32-16-15-31(4,29(42)43-32)30(32,2)3/h8-10,17,19,22-24,33H,6-7,11-16,18H2,1-5H3,(H,34,39)(H,35,41)(H,36,38)/t19?,22-,23-,24-,31-,32?/m0/s1. The van der Waals surface area contributed by atoms with E-state index in [0.29, 0.717) is 31.4 Å². The molecule has 5 rings (SSSR count). The number of hydrogen-bond donors (Lipinski definition) is 4. The molecule has 0 aromatic heterocycles. The van der Waals surface area contributed by atoms with Gasteiger partial charge in [-0.25, -0.2) is 0 Å². The summed E-state index contributed by atoms with van der Waals surface area (Å²) in [5, 5.41) is 11.7. The minimum atomic E-state index is -1.22. The van der Waals surface area contributed by atoms with Gasteiger partial charge in [0.05, 0.1) is 11.5 Å². The van der Waals surface area contributed by atoms with Gasteiger partial charge in [0.15, 0.2) is 5.60 Å². The molecular weight excluding hydrogens is 550 g/mol. The lowest BCUT2D eigenvalue weighted by Gasteiger charge is -2.35. The van der Waals surface area contributed by atoms with Gasteiger partial charge in [-0.1, -0.05) is 38.8 Å². The largest absolute Gasteiger partial charge is 0.448 e. The van der Waals surface area contributed by atoms with E-state index in [-0.39, 0.29) is 42.2 Å². The minimum Gasteiger partial charge on any atom is -0.448 e. The van der Waals surface area contributed by atoms with E-state index < -0.39 is 34.6 Å². The Balaban J connectivity index is 1.23. The minimum absolute atomic E-state index is 0.0195. The van der Waals surface area contributed by atoms with E-state index in [1.165, 1.54) is 0 Å². The van der Waals surface area contributed by atoms with Gasteiger partial charge in [-0.3, -0.25) is 24.0 Å².